The number of hydrogen-bond acceptors (Lipinski definition) is 4. The van der Waals surface area contributed by atoms with Gasteiger partial charge in [0.2, 0.25) is 0 Å². The number of nitrogens with zero attached hydrogens (tertiary/aromatic N) is 3. The van der Waals surface area contributed by atoms with Crippen molar-refractivity contribution in [3.63, 3.8) is 0 Å². The first-order valence-electron chi connectivity index (χ1n) is 18.6. The van der Waals surface area contributed by atoms with Crippen molar-refractivity contribution in [1.29, 1.82) is 0 Å². The van der Waals surface area contributed by atoms with Gasteiger partial charge in [-0.25, -0.2) is 4.98 Å². The number of likely N-dealkylation sites (N-methyl/N-ethyl adjacent to an activating group) is 1. The molecule has 0 aliphatic rings. The van der Waals surface area contributed by atoms with E-state index in [1.54, 1.807) is 0 Å². The van der Waals surface area contributed by atoms with Crippen molar-refractivity contribution in [2.75, 3.05) is 26.8 Å². The van der Waals surface area contributed by atoms with Crippen LogP contribution in [0.15, 0.2) is 140 Å². The predicted octanol–water partition coefficient (Wildman–Crippen LogP) is 7.51. The zero-order valence-corrected chi connectivity index (χ0v) is 34.0. The van der Waals surface area contributed by atoms with Crippen LogP contribution in [0.1, 0.15) is 60.8 Å². The second-order valence-electron chi connectivity index (χ2n) is 15.9. The summed E-state index contributed by atoms with van der Waals surface area (Å²) in [5, 5.41) is 5.25. The molecule has 0 bridgehead atoms. The van der Waals surface area contributed by atoms with Gasteiger partial charge in [-0.3, -0.25) is 0 Å². The molecule has 51 heavy (non-hydrogen) atoms. The number of imidazole rings is 1. The summed E-state index contributed by atoms with van der Waals surface area (Å²) in [4.78, 5) is 6.88. The Morgan fingerprint density at radius 1 is 0.608 bits per heavy atom. The van der Waals surface area contributed by atoms with Crippen molar-refractivity contribution in [3.8, 4) is 0 Å². The second-order valence-corrected chi connectivity index (χ2v) is 24.5. The van der Waals surface area contributed by atoms with Crippen LogP contribution in [0.2, 0.25) is 10.1 Å². The molecule has 5 nitrogen and oxygen atoms in total. The van der Waals surface area contributed by atoms with E-state index in [0.29, 0.717) is 12.6 Å². The van der Waals surface area contributed by atoms with E-state index in [9.17, 15) is 0 Å². The molecular formula is C44H59N3O2Si2. The number of hydrogen-bond donors (Lipinski definition) is 0. The van der Waals surface area contributed by atoms with Crippen LogP contribution >= 0.6 is 0 Å². The Labute approximate surface area is 309 Å². The maximum Gasteiger partial charge on any atom is 0.261 e. The largest absolute Gasteiger partial charge is 0.407 e. The summed E-state index contributed by atoms with van der Waals surface area (Å²) in [5.41, 5.74) is 0. The highest BCUT2D eigenvalue weighted by molar-refractivity contribution is 7.00. The number of benzene rings is 4. The van der Waals surface area contributed by atoms with Crippen LogP contribution in [0.4, 0.5) is 0 Å². The minimum absolute atomic E-state index is 0.0204. The molecule has 1 heterocycles. The smallest absolute Gasteiger partial charge is 0.261 e. The Balaban J connectivity index is 1.29. The van der Waals surface area contributed by atoms with Crippen LogP contribution in [0.5, 0.6) is 0 Å². The number of unbranched alkanes of at least 4 members (excludes halogenated alkanes) is 1. The van der Waals surface area contributed by atoms with Crippen molar-refractivity contribution >= 4 is 37.4 Å². The second kappa shape index (κ2) is 17.3. The first-order chi connectivity index (χ1) is 24.5. The van der Waals surface area contributed by atoms with E-state index in [0.717, 1.165) is 39.0 Å². The minimum atomic E-state index is -2.61. The van der Waals surface area contributed by atoms with Crippen LogP contribution < -0.4 is 20.7 Å². The molecule has 5 rings (SSSR count). The molecular weight excluding hydrogens is 659 g/mol. The average Bonchev–Trinajstić information content (AvgIpc) is 3.65. The van der Waals surface area contributed by atoms with Crippen molar-refractivity contribution < 1.29 is 8.85 Å². The lowest BCUT2D eigenvalue weighted by Gasteiger charge is -2.43. The lowest BCUT2D eigenvalue weighted by Crippen LogP contribution is -2.66. The number of rotatable bonds is 17. The zero-order valence-electron chi connectivity index (χ0n) is 32.0. The van der Waals surface area contributed by atoms with Crippen molar-refractivity contribution in [2.24, 2.45) is 0 Å². The summed E-state index contributed by atoms with van der Waals surface area (Å²) in [6, 6.07) is 44.1. The van der Waals surface area contributed by atoms with Gasteiger partial charge in [0.1, 0.15) is 0 Å². The van der Waals surface area contributed by atoms with E-state index in [1.165, 1.54) is 20.7 Å². The monoisotopic (exact) mass is 717 g/mol. The van der Waals surface area contributed by atoms with E-state index in [4.69, 9.17) is 8.85 Å². The van der Waals surface area contributed by atoms with Gasteiger partial charge in [-0.15, -0.1) is 0 Å². The van der Waals surface area contributed by atoms with Gasteiger partial charge in [0, 0.05) is 38.2 Å². The van der Waals surface area contributed by atoms with Gasteiger partial charge in [-0.05, 0) is 63.7 Å². The highest BCUT2D eigenvalue weighted by atomic mass is 28.4. The Morgan fingerprint density at radius 3 is 1.39 bits per heavy atom. The Bertz CT molecular complexity index is 1630. The van der Waals surface area contributed by atoms with E-state index < -0.39 is 16.6 Å². The van der Waals surface area contributed by atoms with Crippen LogP contribution in [-0.2, 0) is 15.4 Å². The molecule has 0 aliphatic heterocycles. The third-order valence-electron chi connectivity index (χ3n) is 10.4. The third kappa shape index (κ3) is 8.90. The molecule has 1 aromatic heterocycles. The molecule has 0 radical (unpaired) electrons. The van der Waals surface area contributed by atoms with Crippen LogP contribution in [-0.4, -0.2) is 63.9 Å². The normalized spacial score (nSPS) is 13.4. The van der Waals surface area contributed by atoms with Gasteiger partial charge in [-0.1, -0.05) is 163 Å². The quantitative estimate of drug-likeness (QED) is 0.0738. The summed E-state index contributed by atoms with van der Waals surface area (Å²) in [7, 11) is -2.87. The Hall–Kier alpha value is -3.60. The maximum atomic E-state index is 7.33. The third-order valence-corrected chi connectivity index (χ3v) is 20.5. The van der Waals surface area contributed by atoms with E-state index in [1.807, 2.05) is 12.5 Å². The SMILES string of the molecule is CN(CCCCO[Si](c1ccccc1)(c1ccccc1)C(C)(C)C)C(CCO[Si](c1ccccc1)(c1ccccc1)C(C)(C)C)Cn1ccnc1. The fraction of sp³-hybridized carbons (Fsp3) is 0.386. The first kappa shape index (κ1) is 38.6. The standard InChI is InChI=1S/C44H59N3O2Si2/c1-43(2,3)50(39-22-12-8-13-23-39,40-24-14-9-15-25-40)48-34-21-20-32-46(7)38(36-47-33-31-45-37-47)30-35-49-51(44(4,5)6,41-26-16-10-17-27-41)42-28-18-11-19-29-42/h8-19,22-29,31,33,37-38H,20-21,30,32,34-36H2,1-7H3. The summed E-state index contributed by atoms with van der Waals surface area (Å²) < 4.78 is 16.7. The fourth-order valence-electron chi connectivity index (χ4n) is 7.83. The molecule has 4 aromatic carbocycles. The van der Waals surface area contributed by atoms with Crippen molar-refractivity contribution in [3.05, 3.63) is 140 Å². The van der Waals surface area contributed by atoms with E-state index in [2.05, 4.69) is 191 Å². The van der Waals surface area contributed by atoms with Crippen molar-refractivity contribution in [2.45, 2.75) is 83.5 Å². The van der Waals surface area contributed by atoms with E-state index >= 15 is 0 Å². The summed E-state index contributed by atoms with van der Waals surface area (Å²) in [6.07, 6.45) is 8.87. The van der Waals surface area contributed by atoms with E-state index in [-0.39, 0.29) is 10.1 Å². The molecule has 0 fully saturated rings. The minimum Gasteiger partial charge on any atom is -0.407 e. The maximum absolute atomic E-state index is 7.33. The van der Waals surface area contributed by atoms with Gasteiger partial charge in [0.25, 0.3) is 16.6 Å². The zero-order chi connectivity index (χ0) is 36.4. The molecule has 0 N–H and O–H groups in total. The average molecular weight is 718 g/mol. The Kier molecular flexibility index (Phi) is 13.1. The highest BCUT2D eigenvalue weighted by Gasteiger charge is 2.51. The molecule has 7 heteroatoms. The first-order valence-corrected chi connectivity index (χ1v) is 22.5. The van der Waals surface area contributed by atoms with Gasteiger partial charge in [0.05, 0.1) is 6.33 Å². The lowest BCUT2D eigenvalue weighted by molar-refractivity contribution is 0.167. The van der Waals surface area contributed by atoms with Gasteiger partial charge in [0.15, 0.2) is 0 Å². The van der Waals surface area contributed by atoms with Gasteiger partial charge < -0.3 is 18.3 Å². The molecule has 270 valence electrons. The van der Waals surface area contributed by atoms with Crippen LogP contribution in [0, 0.1) is 0 Å². The summed E-state index contributed by atoms with van der Waals surface area (Å²) in [6.45, 7) is 17.4. The molecule has 1 atom stereocenters. The lowest BCUT2D eigenvalue weighted by atomic mass is 10.1. The van der Waals surface area contributed by atoms with Crippen LogP contribution in [0.3, 0.4) is 0 Å². The Morgan fingerprint density at radius 2 is 1.02 bits per heavy atom. The summed E-state index contributed by atoms with van der Waals surface area (Å²) >= 11 is 0. The molecule has 0 saturated heterocycles. The highest BCUT2D eigenvalue weighted by Crippen LogP contribution is 2.38. The summed E-state index contributed by atoms with van der Waals surface area (Å²) in [5.74, 6) is 0. The van der Waals surface area contributed by atoms with Crippen LogP contribution in [0.25, 0.3) is 0 Å². The molecule has 5 aromatic rings. The predicted molar refractivity (Wildman–Crippen MR) is 220 cm³/mol. The topological polar surface area (TPSA) is 39.5 Å². The van der Waals surface area contributed by atoms with Gasteiger partial charge in [-0.2, -0.15) is 0 Å². The van der Waals surface area contributed by atoms with Crippen molar-refractivity contribution in [1.82, 2.24) is 14.5 Å². The molecule has 0 saturated carbocycles. The molecule has 0 aliphatic carbocycles. The molecule has 0 spiro atoms. The molecule has 0 amide bonds. The fourth-order valence-corrected chi connectivity index (χ4v) is 17.0. The molecule has 1 unspecified atom stereocenters. The number of aromatic nitrogens is 2. The van der Waals surface area contributed by atoms with Gasteiger partial charge >= 0.3 is 0 Å².